The molecule has 3 rings (SSSR count). The van der Waals surface area contributed by atoms with E-state index in [4.69, 9.17) is 21.1 Å². The zero-order valence-corrected chi connectivity index (χ0v) is 21.2. The Morgan fingerprint density at radius 2 is 1.69 bits per heavy atom. The highest BCUT2D eigenvalue weighted by Gasteiger charge is 2.09. The largest absolute Gasteiger partial charge is 0.494 e. The maximum absolute atomic E-state index is 12.3. The number of carbonyl (C=O) groups excluding carboxylic acids is 1. The number of amides is 1. The zero-order chi connectivity index (χ0) is 22.9. The van der Waals surface area contributed by atoms with E-state index in [0.29, 0.717) is 29.5 Å². The van der Waals surface area contributed by atoms with E-state index in [9.17, 15) is 4.79 Å². The molecule has 0 unspecified atom stereocenters. The maximum Gasteiger partial charge on any atom is 0.271 e. The van der Waals surface area contributed by atoms with Gasteiger partial charge in [0.15, 0.2) is 0 Å². The summed E-state index contributed by atoms with van der Waals surface area (Å²) in [5, 5.41) is 4.74. The molecule has 0 saturated carbocycles. The lowest BCUT2D eigenvalue weighted by molar-refractivity contribution is 0.0955. The summed E-state index contributed by atoms with van der Waals surface area (Å²) in [6, 6.07) is 18.1. The van der Waals surface area contributed by atoms with Crippen molar-refractivity contribution in [3.8, 4) is 11.5 Å². The second kappa shape index (κ2) is 12.0. The minimum atomic E-state index is -0.302. The summed E-state index contributed by atoms with van der Waals surface area (Å²) < 4.78 is 13.0. The normalized spacial score (nSPS) is 10.9. The van der Waals surface area contributed by atoms with Crippen LogP contribution in [0.15, 0.2) is 74.7 Å². The summed E-state index contributed by atoms with van der Waals surface area (Å²) in [5.41, 5.74) is 4.82. The molecule has 0 bridgehead atoms. The van der Waals surface area contributed by atoms with Crippen LogP contribution in [0.3, 0.4) is 0 Å². The van der Waals surface area contributed by atoms with E-state index < -0.39 is 0 Å². The first-order valence-corrected chi connectivity index (χ1v) is 11.8. The second-order valence-electron chi connectivity index (χ2n) is 6.80. The summed E-state index contributed by atoms with van der Waals surface area (Å²) in [6.45, 7) is 3.09. The van der Waals surface area contributed by atoms with Crippen LogP contribution >= 0.6 is 43.5 Å². The van der Waals surface area contributed by atoms with E-state index in [2.05, 4.69) is 42.4 Å². The third-order valence-corrected chi connectivity index (χ3v) is 5.72. The maximum atomic E-state index is 12.3. The molecular formula is C24H21Br2ClN2O3. The van der Waals surface area contributed by atoms with E-state index in [1.165, 1.54) is 0 Å². The third-order valence-electron chi connectivity index (χ3n) is 4.29. The lowest BCUT2D eigenvalue weighted by Crippen LogP contribution is -2.17. The predicted octanol–water partition coefficient (Wildman–Crippen LogP) is 7.00. The molecule has 0 aromatic heterocycles. The van der Waals surface area contributed by atoms with Gasteiger partial charge in [-0.15, -0.1) is 0 Å². The van der Waals surface area contributed by atoms with Crippen molar-refractivity contribution in [2.75, 3.05) is 6.61 Å². The monoisotopic (exact) mass is 578 g/mol. The Morgan fingerprint density at radius 3 is 2.31 bits per heavy atom. The molecule has 5 nitrogen and oxygen atoms in total. The fourth-order valence-corrected chi connectivity index (χ4v) is 4.26. The molecule has 0 aliphatic carbocycles. The topological polar surface area (TPSA) is 59.9 Å². The predicted molar refractivity (Wildman–Crippen MR) is 135 cm³/mol. The van der Waals surface area contributed by atoms with Gasteiger partial charge < -0.3 is 9.47 Å². The molecule has 0 saturated heterocycles. The van der Waals surface area contributed by atoms with Crippen molar-refractivity contribution in [2.24, 2.45) is 5.10 Å². The van der Waals surface area contributed by atoms with Crippen molar-refractivity contribution in [1.82, 2.24) is 5.43 Å². The number of nitrogens with zero attached hydrogens (tertiary/aromatic N) is 1. The number of carbonyl (C=O) groups is 1. The zero-order valence-electron chi connectivity index (χ0n) is 17.3. The average Bonchev–Trinajstić information content (AvgIpc) is 2.78. The van der Waals surface area contributed by atoms with Gasteiger partial charge in [0.1, 0.15) is 18.1 Å². The Bertz CT molecular complexity index is 1060. The number of halogens is 3. The number of rotatable bonds is 9. The number of hydrogen-bond acceptors (Lipinski definition) is 4. The average molecular weight is 581 g/mol. The van der Waals surface area contributed by atoms with Crippen LogP contribution in [-0.4, -0.2) is 18.7 Å². The molecule has 0 radical (unpaired) electrons. The first-order valence-electron chi connectivity index (χ1n) is 9.89. The van der Waals surface area contributed by atoms with Crippen molar-refractivity contribution in [1.29, 1.82) is 0 Å². The third kappa shape index (κ3) is 7.08. The number of nitrogens with one attached hydrogen (secondary N) is 1. The van der Waals surface area contributed by atoms with Crippen LogP contribution in [-0.2, 0) is 6.61 Å². The van der Waals surface area contributed by atoms with Crippen LogP contribution < -0.4 is 14.9 Å². The van der Waals surface area contributed by atoms with Gasteiger partial charge in [0.05, 0.1) is 21.8 Å². The van der Waals surface area contributed by atoms with Crippen molar-refractivity contribution >= 4 is 55.6 Å². The van der Waals surface area contributed by atoms with E-state index in [0.717, 1.165) is 32.2 Å². The quantitative estimate of drug-likeness (QED) is 0.219. The Labute approximate surface area is 209 Å². The van der Waals surface area contributed by atoms with E-state index in [1.807, 2.05) is 43.3 Å². The van der Waals surface area contributed by atoms with Crippen LogP contribution in [0, 0.1) is 0 Å². The summed E-state index contributed by atoms with van der Waals surface area (Å²) in [5.74, 6) is 1.11. The van der Waals surface area contributed by atoms with Gasteiger partial charge in [-0.05, 0) is 97.9 Å². The van der Waals surface area contributed by atoms with Crippen molar-refractivity contribution < 1.29 is 14.3 Å². The minimum Gasteiger partial charge on any atom is -0.494 e. The molecule has 166 valence electrons. The Balaban J connectivity index is 1.58. The highest BCUT2D eigenvalue weighted by molar-refractivity contribution is 9.11. The van der Waals surface area contributed by atoms with Gasteiger partial charge in [0.2, 0.25) is 0 Å². The molecule has 0 aliphatic heterocycles. The summed E-state index contributed by atoms with van der Waals surface area (Å²) in [6.07, 6.45) is 2.49. The molecule has 8 heteroatoms. The highest BCUT2D eigenvalue weighted by Crippen LogP contribution is 2.35. The molecule has 0 heterocycles. The van der Waals surface area contributed by atoms with Crippen molar-refractivity contribution in [3.05, 3.63) is 91.3 Å². The first-order chi connectivity index (χ1) is 15.5. The summed E-state index contributed by atoms with van der Waals surface area (Å²) in [7, 11) is 0. The fraction of sp³-hybridized carbons (Fsp3) is 0.167. The van der Waals surface area contributed by atoms with Gasteiger partial charge in [0, 0.05) is 10.6 Å². The van der Waals surface area contributed by atoms with E-state index in [1.54, 1.807) is 30.5 Å². The van der Waals surface area contributed by atoms with Crippen molar-refractivity contribution in [3.63, 3.8) is 0 Å². The molecule has 0 atom stereocenters. The summed E-state index contributed by atoms with van der Waals surface area (Å²) >= 11 is 13.0. The molecule has 0 spiro atoms. The van der Waals surface area contributed by atoms with Gasteiger partial charge in [-0.1, -0.05) is 30.7 Å². The van der Waals surface area contributed by atoms with E-state index >= 15 is 0 Å². The Kier molecular flexibility index (Phi) is 9.14. The SMILES string of the molecule is CCCOc1ccc(C(=O)N/N=C\c2cc(Br)c(OCc3ccc(Cl)cc3)c(Br)c2)cc1. The smallest absolute Gasteiger partial charge is 0.271 e. The molecule has 32 heavy (non-hydrogen) atoms. The second-order valence-corrected chi connectivity index (χ2v) is 8.95. The van der Waals surface area contributed by atoms with Crippen molar-refractivity contribution in [2.45, 2.75) is 20.0 Å². The van der Waals surface area contributed by atoms with Crippen LogP contribution in [0.5, 0.6) is 11.5 Å². The van der Waals surface area contributed by atoms with Crippen LogP contribution in [0.1, 0.15) is 34.8 Å². The molecule has 3 aromatic rings. The molecule has 1 amide bonds. The lowest BCUT2D eigenvalue weighted by Gasteiger charge is -2.11. The number of hydrogen-bond donors (Lipinski definition) is 1. The standard InChI is InChI=1S/C24H21Br2ClN2O3/c1-2-11-31-20-9-5-18(6-10-20)24(30)29-28-14-17-12-21(25)23(22(26)13-17)32-15-16-3-7-19(27)8-4-16/h3-10,12-14H,2,11,15H2,1H3,(H,29,30)/b28-14-. The molecule has 0 aliphatic rings. The van der Waals surface area contributed by atoms with Crippen LogP contribution in [0.2, 0.25) is 5.02 Å². The molecule has 1 N–H and O–H groups in total. The minimum absolute atomic E-state index is 0.302. The Morgan fingerprint density at radius 1 is 1.03 bits per heavy atom. The van der Waals surface area contributed by atoms with Gasteiger partial charge >= 0.3 is 0 Å². The lowest BCUT2D eigenvalue weighted by atomic mass is 10.2. The number of ether oxygens (including phenoxy) is 2. The van der Waals surface area contributed by atoms with E-state index in [-0.39, 0.29) is 5.91 Å². The van der Waals surface area contributed by atoms with Crippen LogP contribution in [0.25, 0.3) is 0 Å². The van der Waals surface area contributed by atoms with Gasteiger partial charge in [0.25, 0.3) is 5.91 Å². The molecular weight excluding hydrogens is 560 g/mol. The molecule has 0 fully saturated rings. The van der Waals surface area contributed by atoms with Gasteiger partial charge in [-0.25, -0.2) is 5.43 Å². The van der Waals surface area contributed by atoms with Gasteiger partial charge in [-0.3, -0.25) is 4.79 Å². The first kappa shape index (κ1) is 24.3. The van der Waals surface area contributed by atoms with Crippen LogP contribution in [0.4, 0.5) is 0 Å². The number of hydrazone groups is 1. The van der Waals surface area contributed by atoms with Gasteiger partial charge in [-0.2, -0.15) is 5.10 Å². The molecule has 3 aromatic carbocycles. The summed E-state index contributed by atoms with van der Waals surface area (Å²) in [4.78, 5) is 12.3. The Hall–Kier alpha value is -2.35. The number of benzene rings is 3. The fourth-order valence-electron chi connectivity index (χ4n) is 2.68. The highest BCUT2D eigenvalue weighted by atomic mass is 79.9.